The minimum Gasteiger partial charge on any atom is -0.354 e. The number of rotatable bonds is 4. The van der Waals surface area contributed by atoms with Gasteiger partial charge in [0.1, 0.15) is 0 Å². The predicted molar refractivity (Wildman–Crippen MR) is 85.1 cm³/mol. The number of piperidine rings is 1. The van der Waals surface area contributed by atoms with E-state index in [0.29, 0.717) is 11.8 Å². The van der Waals surface area contributed by atoms with Crippen LogP contribution in [0.4, 0.5) is 0 Å². The average Bonchev–Trinajstić information content (AvgIpc) is 2.92. The monoisotopic (exact) mass is 293 g/mol. The second-order valence-electron chi connectivity index (χ2n) is 7.53. The number of nitrogens with zero attached hydrogens (tertiary/aromatic N) is 1. The van der Waals surface area contributed by atoms with Crippen LogP contribution >= 0.6 is 0 Å². The van der Waals surface area contributed by atoms with Gasteiger partial charge in [-0.05, 0) is 50.6 Å². The van der Waals surface area contributed by atoms with Crippen LogP contribution < -0.4 is 10.6 Å². The van der Waals surface area contributed by atoms with Gasteiger partial charge in [0.15, 0.2) is 0 Å². The molecule has 0 aromatic carbocycles. The third-order valence-corrected chi connectivity index (χ3v) is 5.95. The SMILES string of the molecule is CC1CCCN(CCNC(=O)[C@@]23CCCC[C@H]2CNC3)C1. The molecule has 3 atom stereocenters. The summed E-state index contributed by atoms with van der Waals surface area (Å²) in [6.07, 6.45) is 7.49. The number of nitrogens with one attached hydrogen (secondary N) is 2. The predicted octanol–water partition coefficient (Wildman–Crippen LogP) is 1.61. The second kappa shape index (κ2) is 6.66. The molecule has 2 heterocycles. The molecule has 21 heavy (non-hydrogen) atoms. The maximum atomic E-state index is 12.7. The van der Waals surface area contributed by atoms with Crippen molar-refractivity contribution in [2.45, 2.75) is 45.4 Å². The Morgan fingerprint density at radius 1 is 1.33 bits per heavy atom. The molecule has 3 aliphatic rings. The summed E-state index contributed by atoms with van der Waals surface area (Å²) in [6, 6.07) is 0. The lowest BCUT2D eigenvalue weighted by molar-refractivity contribution is -0.134. The van der Waals surface area contributed by atoms with Crippen LogP contribution in [0.3, 0.4) is 0 Å². The topological polar surface area (TPSA) is 44.4 Å². The van der Waals surface area contributed by atoms with Crippen LogP contribution in [0.25, 0.3) is 0 Å². The van der Waals surface area contributed by atoms with E-state index in [9.17, 15) is 4.79 Å². The number of carbonyl (C=O) groups excluding carboxylic acids is 1. The summed E-state index contributed by atoms with van der Waals surface area (Å²) in [6.45, 7) is 8.51. The Balaban J connectivity index is 1.47. The van der Waals surface area contributed by atoms with Gasteiger partial charge in [-0.2, -0.15) is 0 Å². The molecule has 3 rings (SSSR count). The third kappa shape index (κ3) is 3.26. The molecule has 1 amide bonds. The van der Waals surface area contributed by atoms with Crippen LogP contribution in [-0.2, 0) is 4.79 Å². The number of hydrogen-bond donors (Lipinski definition) is 2. The molecule has 1 aliphatic carbocycles. The van der Waals surface area contributed by atoms with E-state index in [4.69, 9.17) is 0 Å². The Morgan fingerprint density at radius 3 is 3.10 bits per heavy atom. The van der Waals surface area contributed by atoms with Gasteiger partial charge < -0.3 is 15.5 Å². The van der Waals surface area contributed by atoms with Crippen molar-refractivity contribution in [1.82, 2.24) is 15.5 Å². The smallest absolute Gasteiger partial charge is 0.227 e. The van der Waals surface area contributed by atoms with Gasteiger partial charge in [0.2, 0.25) is 5.91 Å². The van der Waals surface area contributed by atoms with Gasteiger partial charge in [-0.25, -0.2) is 0 Å². The van der Waals surface area contributed by atoms with Crippen molar-refractivity contribution >= 4 is 5.91 Å². The van der Waals surface area contributed by atoms with E-state index in [-0.39, 0.29) is 5.41 Å². The molecule has 3 fully saturated rings. The normalized spacial score (nSPS) is 37.2. The molecule has 4 heteroatoms. The quantitative estimate of drug-likeness (QED) is 0.828. The van der Waals surface area contributed by atoms with Crippen molar-refractivity contribution < 1.29 is 4.79 Å². The Kier molecular flexibility index (Phi) is 4.85. The van der Waals surface area contributed by atoms with E-state index < -0.39 is 0 Å². The molecule has 2 saturated heterocycles. The zero-order valence-corrected chi connectivity index (χ0v) is 13.5. The van der Waals surface area contributed by atoms with E-state index in [2.05, 4.69) is 22.5 Å². The standard InChI is InChI=1S/C17H31N3O/c1-14-5-4-9-20(12-14)10-8-19-16(21)17-7-3-2-6-15(17)11-18-13-17/h14-15,18H,2-13H2,1H3,(H,19,21)/t14?,15-,17+/m0/s1. The first-order valence-electron chi connectivity index (χ1n) is 8.92. The maximum absolute atomic E-state index is 12.7. The Bertz CT molecular complexity index is 373. The first kappa shape index (κ1) is 15.3. The molecular formula is C17H31N3O. The fourth-order valence-electron chi connectivity index (χ4n) is 4.68. The molecule has 1 unspecified atom stereocenters. The van der Waals surface area contributed by atoms with Crippen LogP contribution in [0.2, 0.25) is 0 Å². The number of amides is 1. The average molecular weight is 293 g/mol. The molecule has 0 bridgehead atoms. The highest BCUT2D eigenvalue weighted by Crippen LogP contribution is 2.43. The van der Waals surface area contributed by atoms with Gasteiger partial charge >= 0.3 is 0 Å². The molecule has 0 aromatic rings. The number of likely N-dealkylation sites (tertiary alicyclic amines) is 1. The lowest BCUT2D eigenvalue weighted by Crippen LogP contribution is -2.49. The van der Waals surface area contributed by atoms with Gasteiger partial charge in [0.25, 0.3) is 0 Å². The van der Waals surface area contributed by atoms with Crippen molar-refractivity contribution in [2.75, 3.05) is 39.3 Å². The molecular weight excluding hydrogens is 262 g/mol. The van der Waals surface area contributed by atoms with Crippen LogP contribution in [0, 0.1) is 17.3 Å². The molecule has 2 aliphatic heterocycles. The third-order valence-electron chi connectivity index (χ3n) is 5.95. The first-order chi connectivity index (χ1) is 10.2. The molecule has 4 nitrogen and oxygen atoms in total. The molecule has 120 valence electrons. The summed E-state index contributed by atoms with van der Waals surface area (Å²) < 4.78 is 0. The van der Waals surface area contributed by atoms with Gasteiger partial charge in [-0.1, -0.05) is 19.8 Å². The molecule has 2 N–H and O–H groups in total. The van der Waals surface area contributed by atoms with Crippen molar-refractivity contribution in [2.24, 2.45) is 17.3 Å². The van der Waals surface area contributed by atoms with Gasteiger partial charge in [0, 0.05) is 26.2 Å². The summed E-state index contributed by atoms with van der Waals surface area (Å²) in [7, 11) is 0. The van der Waals surface area contributed by atoms with Crippen molar-refractivity contribution in [3.05, 3.63) is 0 Å². The summed E-state index contributed by atoms with van der Waals surface area (Å²) >= 11 is 0. The highest BCUT2D eigenvalue weighted by molar-refractivity contribution is 5.83. The molecule has 0 aromatic heterocycles. The van der Waals surface area contributed by atoms with Gasteiger partial charge in [-0.3, -0.25) is 4.79 Å². The number of fused-ring (bicyclic) bond motifs is 1. The number of hydrogen-bond acceptors (Lipinski definition) is 3. The highest BCUT2D eigenvalue weighted by Gasteiger charge is 2.49. The largest absolute Gasteiger partial charge is 0.354 e. The van der Waals surface area contributed by atoms with Crippen LogP contribution in [-0.4, -0.2) is 50.1 Å². The zero-order valence-electron chi connectivity index (χ0n) is 13.5. The van der Waals surface area contributed by atoms with E-state index in [1.807, 2.05) is 0 Å². The highest BCUT2D eigenvalue weighted by atomic mass is 16.2. The zero-order chi connectivity index (χ0) is 14.7. The lowest BCUT2D eigenvalue weighted by Gasteiger charge is -2.37. The fraction of sp³-hybridized carbons (Fsp3) is 0.941. The maximum Gasteiger partial charge on any atom is 0.227 e. The van der Waals surface area contributed by atoms with E-state index in [1.165, 1.54) is 45.2 Å². The molecule has 1 saturated carbocycles. The Hall–Kier alpha value is -0.610. The Morgan fingerprint density at radius 2 is 2.24 bits per heavy atom. The van der Waals surface area contributed by atoms with E-state index in [1.54, 1.807) is 0 Å². The Labute approximate surface area is 129 Å². The minimum atomic E-state index is -0.0898. The van der Waals surface area contributed by atoms with Crippen LogP contribution in [0.5, 0.6) is 0 Å². The first-order valence-corrected chi connectivity index (χ1v) is 8.92. The summed E-state index contributed by atoms with van der Waals surface area (Å²) in [5.41, 5.74) is -0.0898. The summed E-state index contributed by atoms with van der Waals surface area (Å²) in [5, 5.41) is 6.72. The van der Waals surface area contributed by atoms with Crippen molar-refractivity contribution in [3.63, 3.8) is 0 Å². The summed E-state index contributed by atoms with van der Waals surface area (Å²) in [5.74, 6) is 1.71. The second-order valence-corrected chi connectivity index (χ2v) is 7.53. The van der Waals surface area contributed by atoms with Gasteiger partial charge in [-0.15, -0.1) is 0 Å². The fourth-order valence-corrected chi connectivity index (χ4v) is 4.68. The van der Waals surface area contributed by atoms with Crippen LogP contribution in [0.15, 0.2) is 0 Å². The van der Waals surface area contributed by atoms with Crippen molar-refractivity contribution in [1.29, 1.82) is 0 Å². The number of carbonyl (C=O) groups is 1. The van der Waals surface area contributed by atoms with Crippen molar-refractivity contribution in [3.8, 4) is 0 Å². The molecule has 0 radical (unpaired) electrons. The summed E-state index contributed by atoms with van der Waals surface area (Å²) in [4.78, 5) is 15.2. The minimum absolute atomic E-state index is 0.0898. The lowest BCUT2D eigenvalue weighted by atomic mass is 9.67. The van der Waals surface area contributed by atoms with Crippen LogP contribution in [0.1, 0.15) is 45.4 Å². The molecule has 0 spiro atoms. The van der Waals surface area contributed by atoms with E-state index in [0.717, 1.165) is 38.5 Å². The van der Waals surface area contributed by atoms with E-state index >= 15 is 0 Å². The van der Waals surface area contributed by atoms with Gasteiger partial charge in [0.05, 0.1) is 5.41 Å².